The van der Waals surface area contributed by atoms with E-state index < -0.39 is 0 Å². The van der Waals surface area contributed by atoms with Crippen molar-refractivity contribution >= 4 is 29.1 Å². The van der Waals surface area contributed by atoms with E-state index in [4.69, 9.17) is 4.74 Å². The van der Waals surface area contributed by atoms with Gasteiger partial charge in [-0.05, 0) is 30.2 Å². The molecule has 0 aliphatic carbocycles. The van der Waals surface area contributed by atoms with Crippen molar-refractivity contribution in [1.82, 2.24) is 5.32 Å². The second-order valence-electron chi connectivity index (χ2n) is 6.97. The monoisotopic (exact) mass is 381 g/mol. The van der Waals surface area contributed by atoms with E-state index in [0.29, 0.717) is 35.2 Å². The molecule has 28 heavy (non-hydrogen) atoms. The van der Waals surface area contributed by atoms with E-state index in [-0.39, 0.29) is 30.9 Å². The molecule has 1 aliphatic heterocycles. The molecule has 0 bridgehead atoms. The van der Waals surface area contributed by atoms with E-state index in [0.717, 1.165) is 0 Å². The number of carbonyl (C=O) groups is 3. The van der Waals surface area contributed by atoms with Crippen molar-refractivity contribution < 1.29 is 19.1 Å². The molecule has 0 atom stereocenters. The Bertz CT molecular complexity index is 880. The summed E-state index contributed by atoms with van der Waals surface area (Å²) in [5.41, 5.74) is 1.73. The summed E-state index contributed by atoms with van der Waals surface area (Å²) in [5, 5.41) is 5.31. The summed E-state index contributed by atoms with van der Waals surface area (Å²) < 4.78 is 5.51. The standard InChI is InChI=1S/C21H23N3O4/c1-14(2)12-24-17-9-8-16(10-18(17)28-13-20(24)26)23-19(25)11-22-21(27)15-6-4-3-5-7-15/h3-10,14H,11-13H2,1-2H3,(H,22,27)(H,23,25). The Hall–Kier alpha value is -3.35. The first-order chi connectivity index (χ1) is 13.4. The molecule has 2 aromatic carbocycles. The highest BCUT2D eigenvalue weighted by molar-refractivity contribution is 6.01. The van der Waals surface area contributed by atoms with Crippen LogP contribution in [0.5, 0.6) is 5.75 Å². The van der Waals surface area contributed by atoms with E-state index in [1.165, 1.54) is 0 Å². The van der Waals surface area contributed by atoms with Gasteiger partial charge in [0.1, 0.15) is 5.75 Å². The maximum Gasteiger partial charge on any atom is 0.265 e. The Morgan fingerprint density at radius 1 is 1.14 bits per heavy atom. The molecular weight excluding hydrogens is 358 g/mol. The topological polar surface area (TPSA) is 87.7 Å². The second-order valence-corrected chi connectivity index (χ2v) is 6.97. The Labute approximate surface area is 163 Å². The molecule has 0 unspecified atom stereocenters. The highest BCUT2D eigenvalue weighted by Crippen LogP contribution is 2.34. The van der Waals surface area contributed by atoms with E-state index in [1.807, 2.05) is 19.9 Å². The molecule has 1 heterocycles. The Kier molecular flexibility index (Phi) is 5.93. The molecule has 146 valence electrons. The average molecular weight is 381 g/mol. The van der Waals surface area contributed by atoms with Gasteiger partial charge in [-0.25, -0.2) is 0 Å². The van der Waals surface area contributed by atoms with E-state index in [1.54, 1.807) is 47.4 Å². The summed E-state index contributed by atoms with van der Waals surface area (Å²) in [6.07, 6.45) is 0. The highest BCUT2D eigenvalue weighted by Gasteiger charge is 2.26. The fourth-order valence-electron chi connectivity index (χ4n) is 2.90. The number of nitrogens with zero attached hydrogens (tertiary/aromatic N) is 1. The molecule has 0 aromatic heterocycles. The lowest BCUT2D eigenvalue weighted by Crippen LogP contribution is -2.41. The van der Waals surface area contributed by atoms with Crippen molar-refractivity contribution in [2.45, 2.75) is 13.8 Å². The first-order valence-electron chi connectivity index (χ1n) is 9.14. The minimum atomic E-state index is -0.352. The van der Waals surface area contributed by atoms with Crippen LogP contribution in [0.15, 0.2) is 48.5 Å². The minimum Gasteiger partial charge on any atom is -0.481 e. The van der Waals surface area contributed by atoms with E-state index in [2.05, 4.69) is 10.6 Å². The summed E-state index contributed by atoms with van der Waals surface area (Å²) in [6, 6.07) is 13.9. The molecule has 2 N–H and O–H groups in total. The average Bonchev–Trinajstić information content (AvgIpc) is 2.69. The van der Waals surface area contributed by atoms with Crippen molar-refractivity contribution in [3.05, 3.63) is 54.1 Å². The number of rotatable bonds is 6. The van der Waals surface area contributed by atoms with Crippen molar-refractivity contribution in [3.8, 4) is 5.75 Å². The summed E-state index contributed by atoms with van der Waals surface area (Å²) in [7, 11) is 0. The van der Waals surface area contributed by atoms with Crippen LogP contribution in [0.25, 0.3) is 0 Å². The third-order valence-electron chi connectivity index (χ3n) is 4.18. The zero-order valence-corrected chi connectivity index (χ0v) is 15.9. The number of anilines is 2. The highest BCUT2D eigenvalue weighted by atomic mass is 16.5. The molecule has 0 spiro atoms. The zero-order valence-electron chi connectivity index (χ0n) is 15.9. The third kappa shape index (κ3) is 4.68. The van der Waals surface area contributed by atoms with Crippen LogP contribution in [-0.2, 0) is 9.59 Å². The van der Waals surface area contributed by atoms with Gasteiger partial charge in [0.15, 0.2) is 6.61 Å². The van der Waals surface area contributed by atoms with Crippen molar-refractivity contribution in [3.63, 3.8) is 0 Å². The second kappa shape index (κ2) is 8.56. The van der Waals surface area contributed by atoms with Gasteiger partial charge in [-0.1, -0.05) is 32.0 Å². The maximum atomic E-state index is 12.1. The molecule has 3 rings (SSSR count). The first-order valence-corrected chi connectivity index (χ1v) is 9.14. The van der Waals surface area contributed by atoms with Crippen molar-refractivity contribution in [1.29, 1.82) is 0 Å². The number of carbonyl (C=O) groups excluding carboxylic acids is 3. The number of hydrogen-bond donors (Lipinski definition) is 2. The first kappa shape index (κ1) is 19.4. The van der Waals surface area contributed by atoms with Crippen molar-refractivity contribution in [2.75, 3.05) is 29.9 Å². The van der Waals surface area contributed by atoms with Gasteiger partial charge in [-0.3, -0.25) is 14.4 Å². The van der Waals surface area contributed by atoms with Gasteiger partial charge in [0.2, 0.25) is 5.91 Å². The summed E-state index contributed by atoms with van der Waals surface area (Å²) in [5.74, 6) is 0.123. The van der Waals surface area contributed by atoms with E-state index >= 15 is 0 Å². The summed E-state index contributed by atoms with van der Waals surface area (Å²) in [6.45, 7) is 4.52. The SMILES string of the molecule is CC(C)CN1C(=O)COc2cc(NC(=O)CNC(=O)c3ccccc3)ccc21. The normalized spacial score (nSPS) is 13.0. The third-order valence-corrected chi connectivity index (χ3v) is 4.18. The minimum absolute atomic E-state index is 0.0236. The number of fused-ring (bicyclic) bond motifs is 1. The lowest BCUT2D eigenvalue weighted by Gasteiger charge is -2.31. The van der Waals surface area contributed by atoms with Crippen LogP contribution in [0.3, 0.4) is 0 Å². The van der Waals surface area contributed by atoms with Crippen LogP contribution in [-0.4, -0.2) is 37.4 Å². The van der Waals surface area contributed by atoms with Crippen LogP contribution in [0.2, 0.25) is 0 Å². The molecule has 3 amide bonds. The number of hydrogen-bond acceptors (Lipinski definition) is 4. The number of ether oxygens (including phenoxy) is 1. The van der Waals surface area contributed by atoms with Gasteiger partial charge in [0.05, 0.1) is 12.2 Å². The smallest absolute Gasteiger partial charge is 0.265 e. The molecule has 1 aliphatic rings. The van der Waals surface area contributed by atoms with Crippen LogP contribution in [0, 0.1) is 5.92 Å². The quantitative estimate of drug-likeness (QED) is 0.805. The Morgan fingerprint density at radius 2 is 1.89 bits per heavy atom. The lowest BCUT2D eigenvalue weighted by molar-refractivity contribution is -0.121. The predicted molar refractivity (Wildman–Crippen MR) is 107 cm³/mol. The van der Waals surface area contributed by atoms with Gasteiger partial charge in [-0.2, -0.15) is 0 Å². The Morgan fingerprint density at radius 3 is 2.61 bits per heavy atom. The maximum absolute atomic E-state index is 12.1. The summed E-state index contributed by atoms with van der Waals surface area (Å²) in [4.78, 5) is 38.0. The molecule has 0 radical (unpaired) electrons. The fourth-order valence-corrected chi connectivity index (χ4v) is 2.90. The predicted octanol–water partition coefficient (Wildman–Crippen LogP) is 2.44. The van der Waals surface area contributed by atoms with Gasteiger partial charge in [0.25, 0.3) is 11.8 Å². The molecule has 7 nitrogen and oxygen atoms in total. The molecular formula is C21H23N3O4. The summed E-state index contributed by atoms with van der Waals surface area (Å²) >= 11 is 0. The fraction of sp³-hybridized carbons (Fsp3) is 0.286. The molecule has 0 fully saturated rings. The lowest BCUT2D eigenvalue weighted by atomic mass is 10.1. The van der Waals surface area contributed by atoms with Gasteiger partial charge >= 0.3 is 0 Å². The van der Waals surface area contributed by atoms with Gasteiger partial charge < -0.3 is 20.3 Å². The van der Waals surface area contributed by atoms with Crippen LogP contribution in [0.1, 0.15) is 24.2 Å². The number of nitrogens with one attached hydrogen (secondary N) is 2. The molecule has 7 heteroatoms. The largest absolute Gasteiger partial charge is 0.481 e. The molecule has 0 saturated carbocycles. The van der Waals surface area contributed by atoms with Gasteiger partial charge in [0, 0.05) is 23.9 Å². The van der Waals surface area contributed by atoms with Crippen LogP contribution >= 0.6 is 0 Å². The molecule has 0 saturated heterocycles. The number of amides is 3. The zero-order chi connectivity index (χ0) is 20.1. The Balaban J connectivity index is 1.61. The van der Waals surface area contributed by atoms with Crippen LogP contribution in [0.4, 0.5) is 11.4 Å². The molecule has 2 aromatic rings. The van der Waals surface area contributed by atoms with E-state index in [9.17, 15) is 14.4 Å². The van der Waals surface area contributed by atoms with Gasteiger partial charge in [-0.15, -0.1) is 0 Å². The number of benzene rings is 2. The van der Waals surface area contributed by atoms with Crippen LogP contribution < -0.4 is 20.3 Å². The van der Waals surface area contributed by atoms with Crippen molar-refractivity contribution in [2.24, 2.45) is 5.92 Å².